The highest BCUT2D eigenvalue weighted by molar-refractivity contribution is 5.81. The van der Waals surface area contributed by atoms with E-state index >= 15 is 0 Å². The molecule has 142 valence electrons. The average molecular weight is 376 g/mol. The van der Waals surface area contributed by atoms with Gasteiger partial charge in [-0.05, 0) is 30.2 Å². The molecule has 0 unspecified atom stereocenters. The molecule has 0 aliphatic heterocycles. The SMILES string of the molecule is C[C@@H](Oc1ccc([N+](=O)[O-])cc1)C(=O)NC(c1ccccc1)c1ccccc1. The quantitative estimate of drug-likeness (QED) is 0.493. The molecule has 3 aromatic carbocycles. The third-order valence-corrected chi connectivity index (χ3v) is 4.28. The average Bonchev–Trinajstić information content (AvgIpc) is 2.73. The van der Waals surface area contributed by atoms with E-state index < -0.39 is 11.0 Å². The standard InChI is InChI=1S/C22H20N2O4/c1-16(28-20-14-12-19(13-15-20)24(26)27)22(25)23-21(17-8-4-2-5-9-17)18-10-6-3-7-11-18/h2-16,21H,1H3,(H,23,25)/t16-/m1/s1. The van der Waals surface area contributed by atoms with Crippen molar-refractivity contribution >= 4 is 11.6 Å². The Hall–Kier alpha value is -3.67. The van der Waals surface area contributed by atoms with Gasteiger partial charge >= 0.3 is 0 Å². The number of ether oxygens (including phenoxy) is 1. The van der Waals surface area contributed by atoms with Crippen LogP contribution < -0.4 is 10.1 Å². The van der Waals surface area contributed by atoms with Crippen molar-refractivity contribution in [3.63, 3.8) is 0 Å². The molecule has 0 aliphatic rings. The van der Waals surface area contributed by atoms with Crippen molar-refractivity contribution in [2.45, 2.75) is 19.1 Å². The number of rotatable bonds is 7. The molecule has 0 saturated carbocycles. The van der Waals surface area contributed by atoms with Crippen molar-refractivity contribution in [3.05, 3.63) is 106 Å². The first-order valence-corrected chi connectivity index (χ1v) is 8.86. The van der Waals surface area contributed by atoms with E-state index in [1.54, 1.807) is 6.92 Å². The van der Waals surface area contributed by atoms with Crippen molar-refractivity contribution in [1.29, 1.82) is 0 Å². The highest BCUT2D eigenvalue weighted by atomic mass is 16.6. The number of carbonyl (C=O) groups excluding carboxylic acids is 1. The fourth-order valence-corrected chi connectivity index (χ4v) is 2.81. The van der Waals surface area contributed by atoms with Crippen LogP contribution in [0.25, 0.3) is 0 Å². The van der Waals surface area contributed by atoms with Crippen LogP contribution in [0.4, 0.5) is 5.69 Å². The van der Waals surface area contributed by atoms with Gasteiger partial charge in [0, 0.05) is 12.1 Å². The van der Waals surface area contributed by atoms with Crippen LogP contribution in [-0.2, 0) is 4.79 Å². The number of nitrogens with one attached hydrogen (secondary N) is 1. The molecule has 0 radical (unpaired) electrons. The fourth-order valence-electron chi connectivity index (χ4n) is 2.81. The second-order valence-corrected chi connectivity index (χ2v) is 6.27. The fraction of sp³-hybridized carbons (Fsp3) is 0.136. The molecular formula is C22H20N2O4. The first-order chi connectivity index (χ1) is 13.5. The topological polar surface area (TPSA) is 81.5 Å². The second-order valence-electron chi connectivity index (χ2n) is 6.27. The lowest BCUT2D eigenvalue weighted by atomic mass is 9.98. The Morgan fingerprint density at radius 3 is 1.86 bits per heavy atom. The third-order valence-electron chi connectivity index (χ3n) is 4.28. The van der Waals surface area contributed by atoms with Crippen molar-refractivity contribution in [2.75, 3.05) is 0 Å². The van der Waals surface area contributed by atoms with Gasteiger partial charge in [-0.1, -0.05) is 60.7 Å². The number of hydrogen-bond donors (Lipinski definition) is 1. The van der Waals surface area contributed by atoms with Crippen LogP contribution in [0.1, 0.15) is 24.1 Å². The van der Waals surface area contributed by atoms with Crippen LogP contribution in [0.2, 0.25) is 0 Å². The number of amides is 1. The maximum Gasteiger partial charge on any atom is 0.269 e. The van der Waals surface area contributed by atoms with Crippen LogP contribution in [0.5, 0.6) is 5.75 Å². The molecule has 3 rings (SSSR count). The minimum Gasteiger partial charge on any atom is -0.481 e. The summed E-state index contributed by atoms with van der Waals surface area (Å²) in [6.45, 7) is 1.64. The van der Waals surface area contributed by atoms with Gasteiger partial charge in [-0.15, -0.1) is 0 Å². The summed E-state index contributed by atoms with van der Waals surface area (Å²) in [5.41, 5.74) is 1.90. The van der Waals surface area contributed by atoms with E-state index in [9.17, 15) is 14.9 Å². The molecule has 6 nitrogen and oxygen atoms in total. The maximum absolute atomic E-state index is 12.7. The predicted octanol–water partition coefficient (Wildman–Crippen LogP) is 4.27. The Morgan fingerprint density at radius 2 is 1.39 bits per heavy atom. The van der Waals surface area contributed by atoms with E-state index in [1.807, 2.05) is 60.7 Å². The Balaban J connectivity index is 1.73. The van der Waals surface area contributed by atoms with Gasteiger partial charge in [0.1, 0.15) is 5.75 Å². The van der Waals surface area contributed by atoms with Gasteiger partial charge in [-0.3, -0.25) is 14.9 Å². The third kappa shape index (κ3) is 4.73. The molecule has 1 amide bonds. The van der Waals surface area contributed by atoms with E-state index in [2.05, 4.69) is 5.32 Å². The molecule has 0 fully saturated rings. The number of nitro groups is 1. The Labute approximate surface area is 162 Å². The monoisotopic (exact) mass is 376 g/mol. The van der Waals surface area contributed by atoms with Gasteiger partial charge in [0.25, 0.3) is 11.6 Å². The number of hydrogen-bond acceptors (Lipinski definition) is 4. The summed E-state index contributed by atoms with van der Waals surface area (Å²) in [5.74, 6) is 0.111. The van der Waals surface area contributed by atoms with E-state index in [1.165, 1.54) is 24.3 Å². The van der Waals surface area contributed by atoms with Gasteiger partial charge in [0.2, 0.25) is 0 Å². The summed E-state index contributed by atoms with van der Waals surface area (Å²) in [6, 6.07) is 24.7. The summed E-state index contributed by atoms with van der Waals surface area (Å²) in [7, 11) is 0. The highest BCUT2D eigenvalue weighted by Crippen LogP contribution is 2.23. The van der Waals surface area contributed by atoms with Crippen LogP contribution in [0.15, 0.2) is 84.9 Å². The molecule has 3 aromatic rings. The van der Waals surface area contributed by atoms with Gasteiger partial charge < -0.3 is 10.1 Å². The van der Waals surface area contributed by atoms with Gasteiger partial charge in [-0.25, -0.2) is 0 Å². The van der Waals surface area contributed by atoms with Gasteiger partial charge in [0.05, 0.1) is 11.0 Å². The van der Waals surface area contributed by atoms with E-state index in [-0.39, 0.29) is 17.6 Å². The van der Waals surface area contributed by atoms with Crippen molar-refractivity contribution in [2.24, 2.45) is 0 Å². The second kappa shape index (κ2) is 8.81. The predicted molar refractivity (Wildman–Crippen MR) is 106 cm³/mol. The van der Waals surface area contributed by atoms with Crippen molar-refractivity contribution in [3.8, 4) is 5.75 Å². The first-order valence-electron chi connectivity index (χ1n) is 8.86. The zero-order chi connectivity index (χ0) is 19.9. The summed E-state index contributed by atoms with van der Waals surface area (Å²) < 4.78 is 5.65. The van der Waals surface area contributed by atoms with E-state index in [0.717, 1.165) is 11.1 Å². The van der Waals surface area contributed by atoms with Crippen molar-refractivity contribution in [1.82, 2.24) is 5.32 Å². The van der Waals surface area contributed by atoms with Crippen LogP contribution in [0.3, 0.4) is 0 Å². The molecule has 6 heteroatoms. The minimum absolute atomic E-state index is 0.0299. The molecule has 1 atom stereocenters. The van der Waals surface area contributed by atoms with Crippen LogP contribution >= 0.6 is 0 Å². The molecule has 0 saturated heterocycles. The molecule has 1 N–H and O–H groups in total. The van der Waals surface area contributed by atoms with Crippen molar-refractivity contribution < 1.29 is 14.5 Å². The zero-order valence-electron chi connectivity index (χ0n) is 15.3. The Kier molecular flexibility index (Phi) is 6.01. The lowest BCUT2D eigenvalue weighted by Crippen LogP contribution is -2.39. The molecule has 0 aromatic heterocycles. The molecule has 0 heterocycles. The normalized spacial score (nSPS) is 11.6. The molecule has 28 heavy (non-hydrogen) atoms. The number of benzene rings is 3. The molecular weight excluding hydrogens is 356 g/mol. The van der Waals surface area contributed by atoms with Gasteiger partial charge in [-0.2, -0.15) is 0 Å². The lowest BCUT2D eigenvalue weighted by Gasteiger charge is -2.22. The van der Waals surface area contributed by atoms with E-state index in [0.29, 0.717) is 5.75 Å². The van der Waals surface area contributed by atoms with Crippen LogP contribution in [-0.4, -0.2) is 16.9 Å². The smallest absolute Gasteiger partial charge is 0.269 e. The number of nitro benzene ring substituents is 1. The summed E-state index contributed by atoms with van der Waals surface area (Å²) >= 11 is 0. The first kappa shape index (κ1) is 19.1. The summed E-state index contributed by atoms with van der Waals surface area (Å²) in [4.78, 5) is 23.0. The molecule has 0 spiro atoms. The largest absolute Gasteiger partial charge is 0.481 e. The Bertz CT molecular complexity index is 888. The molecule has 0 bridgehead atoms. The zero-order valence-corrected chi connectivity index (χ0v) is 15.3. The highest BCUT2D eigenvalue weighted by Gasteiger charge is 2.21. The number of carbonyl (C=O) groups is 1. The van der Waals surface area contributed by atoms with Gasteiger partial charge in [0.15, 0.2) is 6.10 Å². The number of non-ortho nitro benzene ring substituents is 1. The Morgan fingerprint density at radius 1 is 0.893 bits per heavy atom. The maximum atomic E-state index is 12.7. The number of nitrogens with zero attached hydrogens (tertiary/aromatic N) is 1. The lowest BCUT2D eigenvalue weighted by molar-refractivity contribution is -0.384. The summed E-state index contributed by atoms with van der Waals surface area (Å²) in [5, 5.41) is 13.8. The summed E-state index contributed by atoms with van der Waals surface area (Å²) in [6.07, 6.45) is -0.767. The van der Waals surface area contributed by atoms with E-state index in [4.69, 9.17) is 4.74 Å². The molecule has 0 aliphatic carbocycles. The minimum atomic E-state index is -0.767. The van der Waals surface area contributed by atoms with Crippen LogP contribution in [0, 0.1) is 10.1 Å².